The Morgan fingerprint density at radius 1 is 1.21 bits per heavy atom. The van der Waals surface area contributed by atoms with Crippen molar-refractivity contribution in [1.82, 2.24) is 24.1 Å². The van der Waals surface area contributed by atoms with Crippen LogP contribution >= 0.6 is 15.9 Å². The van der Waals surface area contributed by atoms with E-state index in [0.29, 0.717) is 11.2 Å². The number of hydrogen-bond acceptors (Lipinski definition) is 5. The Hall–Kier alpha value is -3.04. The molecule has 4 aromatic rings. The van der Waals surface area contributed by atoms with E-state index in [4.69, 9.17) is 5.73 Å². The number of primary amides is 1. The van der Waals surface area contributed by atoms with Crippen LogP contribution in [0.15, 0.2) is 58.1 Å². The fourth-order valence-corrected chi connectivity index (χ4v) is 3.94. The normalized spacial score (nSPS) is 12.7. The van der Waals surface area contributed by atoms with Gasteiger partial charge in [-0.2, -0.15) is 0 Å². The number of amides is 1. The van der Waals surface area contributed by atoms with Gasteiger partial charge < -0.3 is 5.73 Å². The van der Waals surface area contributed by atoms with Gasteiger partial charge in [-0.15, -0.1) is 10.2 Å². The number of carbonyl (C=O) groups excluding carboxylic acids is 1. The summed E-state index contributed by atoms with van der Waals surface area (Å²) in [5.41, 5.74) is 7.56. The van der Waals surface area contributed by atoms with Gasteiger partial charge in [-0.25, -0.2) is 0 Å². The van der Waals surface area contributed by atoms with Gasteiger partial charge in [0, 0.05) is 4.47 Å². The van der Waals surface area contributed by atoms with Crippen LogP contribution in [-0.2, 0) is 11.2 Å². The third-order valence-corrected chi connectivity index (χ3v) is 5.30. The van der Waals surface area contributed by atoms with Crippen LogP contribution in [0.5, 0.6) is 0 Å². The van der Waals surface area contributed by atoms with E-state index >= 15 is 0 Å². The van der Waals surface area contributed by atoms with E-state index in [-0.39, 0.29) is 17.9 Å². The monoisotopic (exact) mass is 454 g/mol. The van der Waals surface area contributed by atoms with Gasteiger partial charge in [-0.1, -0.05) is 40.2 Å². The van der Waals surface area contributed by atoms with Gasteiger partial charge in [0.2, 0.25) is 11.7 Å². The van der Waals surface area contributed by atoms with Gasteiger partial charge in [-0.05, 0) is 43.4 Å². The van der Waals surface area contributed by atoms with Gasteiger partial charge in [0.15, 0.2) is 0 Å². The first kappa shape index (κ1) is 19.3. The zero-order chi connectivity index (χ0) is 20.7. The predicted octanol–water partition coefficient (Wildman–Crippen LogP) is 1.94. The van der Waals surface area contributed by atoms with Crippen LogP contribution in [-0.4, -0.2) is 44.1 Å². The summed E-state index contributed by atoms with van der Waals surface area (Å²) < 4.78 is 4.25. The Labute approximate surface area is 174 Å². The molecule has 9 heteroatoms. The van der Waals surface area contributed by atoms with Crippen LogP contribution in [0.25, 0.3) is 16.7 Å². The molecule has 0 aliphatic heterocycles. The summed E-state index contributed by atoms with van der Waals surface area (Å²) in [5, 5.41) is 8.80. The smallest absolute Gasteiger partial charge is 0.264 e. The number of nitrogens with zero attached hydrogens (tertiary/aromatic N) is 5. The lowest BCUT2D eigenvalue weighted by molar-refractivity contribution is -0.117. The molecule has 29 heavy (non-hydrogen) atoms. The molecule has 0 spiro atoms. The average Bonchev–Trinajstić information content (AvgIpc) is 3.15. The van der Waals surface area contributed by atoms with Crippen molar-refractivity contribution >= 4 is 38.5 Å². The Morgan fingerprint density at radius 2 is 1.93 bits per heavy atom. The molecule has 0 aliphatic rings. The summed E-state index contributed by atoms with van der Waals surface area (Å²) in [6.45, 7) is 0. The fraction of sp³-hybridized carbons (Fsp3) is 0.200. The summed E-state index contributed by atoms with van der Waals surface area (Å²) in [6.07, 6.45) is 1.36. The standard InChI is InChI=1S/C20H19BrN6O2/c1-25(2)18(13-5-3-12(4-6-13)9-17(22)28)27-19(29)15-10-14(21)7-8-16(15)26-11-23-24-20(26)27/h3-8,10-11,18H,9H2,1-2H3,(H2,22,28). The van der Waals surface area contributed by atoms with Crippen LogP contribution in [0, 0.1) is 0 Å². The Bertz CT molecular complexity index is 1280. The predicted molar refractivity (Wildman–Crippen MR) is 114 cm³/mol. The quantitative estimate of drug-likeness (QED) is 0.496. The lowest BCUT2D eigenvalue weighted by Crippen LogP contribution is -2.36. The fourth-order valence-electron chi connectivity index (χ4n) is 3.58. The van der Waals surface area contributed by atoms with Crippen molar-refractivity contribution in [2.75, 3.05) is 14.1 Å². The van der Waals surface area contributed by atoms with Gasteiger partial charge in [-0.3, -0.25) is 23.5 Å². The second-order valence-corrected chi connectivity index (χ2v) is 7.98. The summed E-state index contributed by atoms with van der Waals surface area (Å²) in [5.74, 6) is 0.0631. The molecule has 148 valence electrons. The maximum absolute atomic E-state index is 13.5. The van der Waals surface area contributed by atoms with E-state index in [1.807, 2.05) is 55.4 Å². The van der Waals surface area contributed by atoms with Crippen molar-refractivity contribution in [2.24, 2.45) is 5.73 Å². The first-order chi connectivity index (χ1) is 13.9. The van der Waals surface area contributed by atoms with Gasteiger partial charge in [0.1, 0.15) is 12.5 Å². The maximum atomic E-state index is 13.5. The molecule has 1 atom stereocenters. The van der Waals surface area contributed by atoms with Crippen molar-refractivity contribution in [2.45, 2.75) is 12.6 Å². The number of rotatable bonds is 5. The second kappa shape index (κ2) is 7.41. The molecule has 1 unspecified atom stereocenters. The van der Waals surface area contributed by atoms with Crippen LogP contribution in [0.2, 0.25) is 0 Å². The molecule has 2 aromatic carbocycles. The molecule has 2 N–H and O–H groups in total. The number of nitrogens with two attached hydrogens (primary N) is 1. The highest BCUT2D eigenvalue weighted by Crippen LogP contribution is 2.25. The minimum absolute atomic E-state index is 0.165. The number of halogens is 1. The van der Waals surface area contributed by atoms with Gasteiger partial charge in [0.25, 0.3) is 5.56 Å². The molecule has 0 bridgehead atoms. The molecular weight excluding hydrogens is 436 g/mol. The summed E-state index contributed by atoms with van der Waals surface area (Å²) in [4.78, 5) is 26.6. The molecule has 0 saturated heterocycles. The third-order valence-electron chi connectivity index (χ3n) is 4.80. The van der Waals surface area contributed by atoms with Crippen molar-refractivity contribution in [3.63, 3.8) is 0 Å². The topological polar surface area (TPSA) is 98.5 Å². The van der Waals surface area contributed by atoms with E-state index in [1.54, 1.807) is 21.4 Å². The maximum Gasteiger partial charge on any atom is 0.264 e. The van der Waals surface area contributed by atoms with Crippen LogP contribution in [0.1, 0.15) is 17.3 Å². The highest BCUT2D eigenvalue weighted by molar-refractivity contribution is 9.10. The minimum atomic E-state index is -0.416. The SMILES string of the molecule is CN(C)C(c1ccc(CC(N)=O)cc1)n1c(=O)c2cc(Br)ccc2n2cnnc12. The Morgan fingerprint density at radius 3 is 2.59 bits per heavy atom. The van der Waals surface area contributed by atoms with E-state index in [1.165, 1.54) is 0 Å². The summed E-state index contributed by atoms with van der Waals surface area (Å²) >= 11 is 3.45. The average molecular weight is 455 g/mol. The van der Waals surface area contributed by atoms with E-state index < -0.39 is 6.17 Å². The van der Waals surface area contributed by atoms with Crippen molar-refractivity contribution in [3.8, 4) is 0 Å². The molecule has 2 heterocycles. The lowest BCUT2D eigenvalue weighted by atomic mass is 10.1. The molecule has 0 fully saturated rings. The molecule has 0 aliphatic carbocycles. The largest absolute Gasteiger partial charge is 0.369 e. The van der Waals surface area contributed by atoms with Crippen molar-refractivity contribution in [1.29, 1.82) is 0 Å². The molecule has 0 saturated carbocycles. The van der Waals surface area contributed by atoms with E-state index in [9.17, 15) is 9.59 Å². The van der Waals surface area contributed by atoms with E-state index in [0.717, 1.165) is 21.1 Å². The van der Waals surface area contributed by atoms with Crippen LogP contribution < -0.4 is 11.3 Å². The molecule has 2 aromatic heterocycles. The number of hydrogen-bond donors (Lipinski definition) is 1. The number of carbonyl (C=O) groups is 1. The number of fused-ring (bicyclic) bond motifs is 3. The summed E-state index contributed by atoms with van der Waals surface area (Å²) in [7, 11) is 3.79. The van der Waals surface area contributed by atoms with Crippen molar-refractivity contribution in [3.05, 3.63) is 74.7 Å². The van der Waals surface area contributed by atoms with Crippen LogP contribution in [0.3, 0.4) is 0 Å². The lowest BCUT2D eigenvalue weighted by Gasteiger charge is -2.27. The first-order valence-electron chi connectivity index (χ1n) is 8.94. The third kappa shape index (κ3) is 3.43. The molecule has 8 nitrogen and oxygen atoms in total. The van der Waals surface area contributed by atoms with Crippen LogP contribution in [0.4, 0.5) is 0 Å². The molecule has 1 amide bonds. The highest BCUT2D eigenvalue weighted by Gasteiger charge is 2.23. The second-order valence-electron chi connectivity index (χ2n) is 7.06. The molecular formula is C20H19BrN6O2. The highest BCUT2D eigenvalue weighted by atomic mass is 79.9. The zero-order valence-corrected chi connectivity index (χ0v) is 17.5. The summed E-state index contributed by atoms with van der Waals surface area (Å²) in [6, 6.07) is 13.0. The zero-order valence-electron chi connectivity index (χ0n) is 15.9. The molecule has 0 radical (unpaired) electrons. The van der Waals surface area contributed by atoms with Gasteiger partial charge in [0.05, 0.1) is 17.3 Å². The Balaban J connectivity index is 1.96. The molecule has 4 rings (SSSR count). The Kier molecular flexibility index (Phi) is 4.93. The number of benzene rings is 2. The van der Waals surface area contributed by atoms with E-state index in [2.05, 4.69) is 26.1 Å². The van der Waals surface area contributed by atoms with Gasteiger partial charge >= 0.3 is 0 Å². The minimum Gasteiger partial charge on any atom is -0.369 e. The first-order valence-corrected chi connectivity index (χ1v) is 9.73. The number of aromatic nitrogens is 4. The van der Waals surface area contributed by atoms with Crippen molar-refractivity contribution < 1.29 is 4.79 Å².